The van der Waals surface area contributed by atoms with E-state index in [1.54, 1.807) is 19.4 Å². The number of rotatable bonds is 10. The van der Waals surface area contributed by atoms with Crippen molar-refractivity contribution in [2.24, 2.45) is 4.99 Å². The number of nitrogens with one attached hydrogen (secondary N) is 1. The first-order valence-corrected chi connectivity index (χ1v) is 12.1. The highest BCUT2D eigenvalue weighted by Crippen LogP contribution is 2.23. The number of benzene rings is 1. The summed E-state index contributed by atoms with van der Waals surface area (Å²) >= 11 is 0. The van der Waals surface area contributed by atoms with Gasteiger partial charge in [-0.3, -0.25) is 14.7 Å². The van der Waals surface area contributed by atoms with Crippen molar-refractivity contribution in [3.05, 3.63) is 103 Å². The molecular formula is C29H36N4O3. The zero-order chi connectivity index (χ0) is 25.8. The van der Waals surface area contributed by atoms with Gasteiger partial charge in [0.2, 0.25) is 0 Å². The molecule has 0 bridgehead atoms. The van der Waals surface area contributed by atoms with Gasteiger partial charge in [0.25, 0.3) is 5.91 Å². The lowest BCUT2D eigenvalue weighted by molar-refractivity contribution is 0.0339. The Labute approximate surface area is 214 Å². The zero-order valence-electron chi connectivity index (χ0n) is 21.3. The molecular weight excluding hydrogens is 452 g/mol. The Morgan fingerprint density at radius 3 is 2.75 bits per heavy atom. The van der Waals surface area contributed by atoms with Crippen molar-refractivity contribution in [3.63, 3.8) is 0 Å². The van der Waals surface area contributed by atoms with Crippen LogP contribution in [-0.4, -0.2) is 61.5 Å². The Kier molecular flexibility index (Phi) is 10.5. The van der Waals surface area contributed by atoms with E-state index in [4.69, 9.17) is 9.47 Å². The van der Waals surface area contributed by atoms with Crippen LogP contribution in [0.2, 0.25) is 0 Å². The van der Waals surface area contributed by atoms with Crippen molar-refractivity contribution >= 4 is 11.7 Å². The van der Waals surface area contributed by atoms with Gasteiger partial charge in [-0.15, -0.1) is 0 Å². The van der Waals surface area contributed by atoms with Crippen LogP contribution in [0.3, 0.4) is 0 Å². The summed E-state index contributed by atoms with van der Waals surface area (Å²) in [6, 6.07) is 5.63. The Morgan fingerprint density at radius 1 is 1.25 bits per heavy atom. The molecule has 0 saturated carbocycles. The van der Waals surface area contributed by atoms with E-state index in [0.717, 1.165) is 55.5 Å². The fraction of sp³-hybridized carbons (Fsp3) is 0.310. The molecule has 7 heteroatoms. The minimum absolute atomic E-state index is 0.167. The standard InChI is InChI=1S/C29H36N4O3/c1-5-7-14-33(6-2)23(3)30-21-24-10-8-9-11-27(19-24)31-29(34)25-12-13-26(28(20-25)35-4)22-32-15-17-36-18-16-32/h5-14,20H,1-2,15-19,21-22H2,3-4H3,(H,31,34)/b14-7-,30-23?. The van der Waals surface area contributed by atoms with Crippen LogP contribution >= 0.6 is 0 Å². The predicted octanol–water partition coefficient (Wildman–Crippen LogP) is 4.59. The highest BCUT2D eigenvalue weighted by atomic mass is 16.5. The summed E-state index contributed by atoms with van der Waals surface area (Å²) < 4.78 is 11.0. The fourth-order valence-electron chi connectivity index (χ4n) is 3.91. The number of methoxy groups -OCH3 is 1. The molecule has 0 spiro atoms. The molecule has 36 heavy (non-hydrogen) atoms. The Hall–Kier alpha value is -3.68. The van der Waals surface area contributed by atoms with Crippen molar-refractivity contribution in [2.45, 2.75) is 19.9 Å². The molecule has 1 amide bonds. The summed E-state index contributed by atoms with van der Waals surface area (Å²) in [4.78, 5) is 21.9. The smallest absolute Gasteiger partial charge is 0.255 e. The van der Waals surface area contributed by atoms with Crippen LogP contribution < -0.4 is 10.1 Å². The lowest BCUT2D eigenvalue weighted by atomic mass is 10.1. The predicted molar refractivity (Wildman–Crippen MR) is 146 cm³/mol. The molecule has 1 aromatic rings. The van der Waals surface area contributed by atoms with Crippen LogP contribution in [-0.2, 0) is 11.3 Å². The number of carbonyl (C=O) groups is 1. The van der Waals surface area contributed by atoms with Crippen molar-refractivity contribution in [1.82, 2.24) is 15.1 Å². The average molecular weight is 489 g/mol. The first-order valence-electron chi connectivity index (χ1n) is 12.1. The molecule has 2 aliphatic rings. The van der Waals surface area contributed by atoms with Crippen LogP contribution in [0.1, 0.15) is 29.3 Å². The molecule has 190 valence electrons. The monoisotopic (exact) mass is 488 g/mol. The number of carbonyl (C=O) groups excluding carboxylic acids is 1. The van der Waals surface area contributed by atoms with E-state index in [2.05, 4.69) is 28.4 Å². The second-order valence-corrected chi connectivity index (χ2v) is 8.48. The molecule has 1 aliphatic heterocycles. The van der Waals surface area contributed by atoms with Crippen LogP contribution in [0.4, 0.5) is 0 Å². The third-order valence-corrected chi connectivity index (χ3v) is 5.94. The van der Waals surface area contributed by atoms with Crippen LogP contribution in [0.25, 0.3) is 0 Å². The van der Waals surface area contributed by atoms with Crippen LogP contribution in [0, 0.1) is 0 Å². The normalized spacial score (nSPS) is 16.7. The Morgan fingerprint density at radius 2 is 2.03 bits per heavy atom. The summed E-state index contributed by atoms with van der Waals surface area (Å²) in [6.07, 6.45) is 15.5. The Bertz CT molecular complexity index is 1090. The summed E-state index contributed by atoms with van der Waals surface area (Å²) in [5.74, 6) is 1.36. The third-order valence-electron chi connectivity index (χ3n) is 5.94. The molecule has 1 N–H and O–H groups in total. The topological polar surface area (TPSA) is 66.4 Å². The number of morpholine rings is 1. The molecule has 0 atom stereocenters. The van der Waals surface area contributed by atoms with E-state index in [-0.39, 0.29) is 5.91 Å². The van der Waals surface area contributed by atoms with Gasteiger partial charge >= 0.3 is 0 Å². The first-order chi connectivity index (χ1) is 17.5. The maximum absolute atomic E-state index is 13.1. The maximum Gasteiger partial charge on any atom is 0.255 e. The third kappa shape index (κ3) is 7.93. The molecule has 0 radical (unpaired) electrons. The highest BCUT2D eigenvalue weighted by Gasteiger charge is 2.16. The lowest BCUT2D eigenvalue weighted by Gasteiger charge is -2.27. The molecule has 1 fully saturated rings. The van der Waals surface area contributed by atoms with Gasteiger partial charge in [0, 0.05) is 55.3 Å². The number of allylic oxidation sites excluding steroid dienone is 7. The van der Waals surface area contributed by atoms with Gasteiger partial charge in [0.15, 0.2) is 0 Å². The van der Waals surface area contributed by atoms with Gasteiger partial charge in [-0.2, -0.15) is 0 Å². The van der Waals surface area contributed by atoms with Gasteiger partial charge in [0.05, 0.1) is 26.9 Å². The minimum atomic E-state index is -0.167. The van der Waals surface area contributed by atoms with Crippen molar-refractivity contribution < 1.29 is 14.3 Å². The van der Waals surface area contributed by atoms with Gasteiger partial charge in [-0.1, -0.05) is 43.5 Å². The molecule has 7 nitrogen and oxygen atoms in total. The van der Waals surface area contributed by atoms with Gasteiger partial charge in [0.1, 0.15) is 11.6 Å². The quantitative estimate of drug-likeness (QED) is 0.296. The molecule has 1 aliphatic carbocycles. The molecule has 0 aromatic heterocycles. The highest BCUT2D eigenvalue weighted by molar-refractivity contribution is 5.96. The van der Waals surface area contributed by atoms with Gasteiger partial charge in [-0.25, -0.2) is 0 Å². The zero-order valence-corrected chi connectivity index (χ0v) is 21.3. The van der Waals surface area contributed by atoms with Crippen LogP contribution in [0.15, 0.2) is 96.5 Å². The van der Waals surface area contributed by atoms with Gasteiger partial charge in [-0.05, 0) is 36.8 Å². The largest absolute Gasteiger partial charge is 0.496 e. The van der Waals surface area contributed by atoms with E-state index >= 15 is 0 Å². The number of ether oxygens (including phenoxy) is 2. The Balaban J connectivity index is 1.63. The maximum atomic E-state index is 13.1. The number of nitrogens with zero attached hydrogens (tertiary/aromatic N) is 3. The van der Waals surface area contributed by atoms with E-state index < -0.39 is 0 Å². The summed E-state index contributed by atoms with van der Waals surface area (Å²) in [7, 11) is 1.64. The summed E-state index contributed by atoms with van der Waals surface area (Å²) in [5.41, 5.74) is 3.52. The van der Waals surface area contributed by atoms with E-state index in [1.807, 2.05) is 66.6 Å². The number of amides is 1. The molecule has 1 heterocycles. The minimum Gasteiger partial charge on any atom is -0.496 e. The van der Waals surface area contributed by atoms with Crippen molar-refractivity contribution in [1.29, 1.82) is 0 Å². The second kappa shape index (κ2) is 14.0. The van der Waals surface area contributed by atoms with Crippen molar-refractivity contribution in [2.75, 3.05) is 40.0 Å². The van der Waals surface area contributed by atoms with E-state index in [1.165, 1.54) is 0 Å². The first kappa shape index (κ1) is 26.9. The van der Waals surface area contributed by atoms with Gasteiger partial charge < -0.3 is 19.7 Å². The molecule has 1 aromatic carbocycles. The SMILES string of the molecule is C=C/C=C\N(C=C)C(C)=NCC1=CC=CC=C(NC(=O)c2ccc(CN3CCOCC3)c(OC)c2)C1. The number of aliphatic imine (C=N–C) groups is 1. The molecule has 0 unspecified atom stereocenters. The van der Waals surface area contributed by atoms with E-state index in [9.17, 15) is 4.79 Å². The summed E-state index contributed by atoms with van der Waals surface area (Å²) in [6.45, 7) is 14.0. The second-order valence-electron chi connectivity index (χ2n) is 8.48. The number of hydrogen-bond donors (Lipinski definition) is 1. The number of amidine groups is 1. The molecule has 1 saturated heterocycles. The number of hydrogen-bond acceptors (Lipinski definition) is 5. The lowest BCUT2D eigenvalue weighted by Crippen LogP contribution is -2.35. The van der Waals surface area contributed by atoms with Crippen LogP contribution in [0.5, 0.6) is 5.75 Å². The average Bonchev–Trinajstić information content (AvgIpc) is 3.13. The summed E-state index contributed by atoms with van der Waals surface area (Å²) in [5, 5.41) is 3.06. The van der Waals surface area contributed by atoms with Crippen molar-refractivity contribution in [3.8, 4) is 5.75 Å². The van der Waals surface area contributed by atoms with E-state index in [0.29, 0.717) is 24.3 Å². The molecule has 3 rings (SSSR count). The fourth-order valence-corrected chi connectivity index (χ4v) is 3.91.